The van der Waals surface area contributed by atoms with Crippen molar-refractivity contribution in [2.75, 3.05) is 0 Å². The first kappa shape index (κ1) is 12.6. The molecule has 2 heteroatoms. The van der Waals surface area contributed by atoms with Gasteiger partial charge in [-0.25, -0.2) is 0 Å². The topological polar surface area (TPSA) is 23.1 Å². The Kier molecular flexibility index (Phi) is 5.21. The largest absolute Gasteiger partial charge is 1.00 e. The Hall–Kier alpha value is -0.383. The normalized spacial score (nSPS) is 9.46. The smallest absolute Gasteiger partial charge is 0.872 e. The summed E-state index contributed by atoms with van der Waals surface area (Å²) in [4.78, 5) is 0. The Bertz CT molecular complexity index is 256. The Morgan fingerprint density at radius 2 is 1.46 bits per heavy atom. The Balaban J connectivity index is 0.00000144. The monoisotopic (exact) mass is 170 g/mol. The van der Waals surface area contributed by atoms with E-state index in [4.69, 9.17) is 0 Å². The van der Waals surface area contributed by atoms with E-state index >= 15 is 0 Å². The molecule has 0 spiro atoms. The molecule has 0 heterocycles. The molecule has 13 heavy (non-hydrogen) atoms. The molecular formula is C11H15LiO. The summed E-state index contributed by atoms with van der Waals surface area (Å²) in [6.45, 7) is 6.09. The van der Waals surface area contributed by atoms with Gasteiger partial charge in [-0.05, 0) is 19.8 Å². The minimum Gasteiger partial charge on any atom is -0.872 e. The van der Waals surface area contributed by atoms with E-state index in [1.54, 1.807) is 0 Å². The molecule has 0 amide bonds. The van der Waals surface area contributed by atoms with Crippen molar-refractivity contribution in [1.82, 2.24) is 0 Å². The third-order valence-electron chi connectivity index (χ3n) is 2.15. The van der Waals surface area contributed by atoms with Crippen molar-refractivity contribution in [1.29, 1.82) is 0 Å². The van der Waals surface area contributed by atoms with Gasteiger partial charge in [0.25, 0.3) is 0 Å². The number of benzene rings is 1. The molecule has 0 radical (unpaired) electrons. The molecule has 0 fully saturated rings. The second-order valence-electron chi connectivity index (χ2n) is 3.12. The van der Waals surface area contributed by atoms with Gasteiger partial charge in [0.2, 0.25) is 0 Å². The van der Waals surface area contributed by atoms with Crippen LogP contribution in [0.3, 0.4) is 0 Å². The van der Waals surface area contributed by atoms with E-state index in [-0.39, 0.29) is 24.6 Å². The van der Waals surface area contributed by atoms with E-state index in [1.807, 2.05) is 32.9 Å². The fourth-order valence-electron chi connectivity index (χ4n) is 1.45. The van der Waals surface area contributed by atoms with Crippen LogP contribution >= 0.6 is 0 Å². The van der Waals surface area contributed by atoms with Gasteiger partial charge in [-0.15, -0.1) is 5.75 Å². The molecule has 0 aliphatic heterocycles. The summed E-state index contributed by atoms with van der Waals surface area (Å²) in [6, 6.07) is 3.98. The molecule has 0 aromatic heterocycles. The Morgan fingerprint density at radius 1 is 1.08 bits per heavy atom. The third-order valence-corrected chi connectivity index (χ3v) is 2.15. The molecule has 1 rings (SSSR count). The van der Waals surface area contributed by atoms with Gasteiger partial charge >= 0.3 is 18.9 Å². The molecule has 0 aliphatic rings. The second kappa shape index (κ2) is 5.37. The maximum atomic E-state index is 11.6. The van der Waals surface area contributed by atoms with Gasteiger partial charge in [0, 0.05) is 0 Å². The molecule has 0 unspecified atom stereocenters. The molecule has 0 N–H and O–H groups in total. The summed E-state index contributed by atoms with van der Waals surface area (Å²) < 4.78 is 0. The van der Waals surface area contributed by atoms with E-state index in [0.717, 1.165) is 24.0 Å². The predicted octanol–water partition coefficient (Wildman–Crippen LogP) is -0.803. The summed E-state index contributed by atoms with van der Waals surface area (Å²) in [5.41, 5.74) is 3.10. The number of aryl methyl sites for hydroxylation is 3. The summed E-state index contributed by atoms with van der Waals surface area (Å²) >= 11 is 0. The van der Waals surface area contributed by atoms with E-state index < -0.39 is 0 Å². The average Bonchev–Trinajstić information content (AvgIpc) is 2.08. The Labute approximate surface area is 92.3 Å². The summed E-state index contributed by atoms with van der Waals surface area (Å²) in [5.74, 6) is 0.241. The van der Waals surface area contributed by atoms with Crippen LogP contribution in [0.25, 0.3) is 0 Å². The molecule has 0 atom stereocenters. The fraction of sp³-hybridized carbons (Fsp3) is 0.455. The zero-order valence-corrected chi connectivity index (χ0v) is 8.98. The molecule has 0 bridgehead atoms. The van der Waals surface area contributed by atoms with Gasteiger partial charge in [-0.3, -0.25) is 0 Å². The summed E-state index contributed by atoms with van der Waals surface area (Å²) in [5, 5.41) is 11.6. The molecule has 1 nitrogen and oxygen atoms in total. The maximum absolute atomic E-state index is 11.6. The SMILES string of the molecule is CCc1cc(C)cc(CC)c1[O-].[Li+]. The standard InChI is InChI=1S/C11H16O.Li/c1-4-9-6-8(3)7-10(5-2)11(9)12;/h6-7,12H,4-5H2,1-3H3;/q;+1/p-1. The van der Waals surface area contributed by atoms with Crippen LogP contribution in [0, 0.1) is 6.92 Å². The Morgan fingerprint density at radius 3 is 1.77 bits per heavy atom. The van der Waals surface area contributed by atoms with Crippen molar-refractivity contribution in [3.63, 3.8) is 0 Å². The molecular weight excluding hydrogens is 155 g/mol. The number of hydrogen-bond donors (Lipinski definition) is 0. The first-order valence-electron chi connectivity index (χ1n) is 4.48. The van der Waals surface area contributed by atoms with Crippen LogP contribution in [0.4, 0.5) is 0 Å². The molecule has 66 valence electrons. The molecule has 1 aromatic carbocycles. The van der Waals surface area contributed by atoms with Crippen molar-refractivity contribution in [2.45, 2.75) is 33.6 Å². The number of hydrogen-bond acceptors (Lipinski definition) is 1. The number of rotatable bonds is 2. The van der Waals surface area contributed by atoms with Crippen molar-refractivity contribution >= 4 is 0 Å². The van der Waals surface area contributed by atoms with Gasteiger partial charge in [0.05, 0.1) is 0 Å². The van der Waals surface area contributed by atoms with Gasteiger partial charge < -0.3 is 5.11 Å². The first-order valence-corrected chi connectivity index (χ1v) is 4.48. The van der Waals surface area contributed by atoms with Crippen molar-refractivity contribution in [3.05, 3.63) is 28.8 Å². The first-order chi connectivity index (χ1) is 5.69. The minimum atomic E-state index is 0. The fourth-order valence-corrected chi connectivity index (χ4v) is 1.45. The molecule has 0 saturated heterocycles. The zero-order chi connectivity index (χ0) is 9.14. The third kappa shape index (κ3) is 2.79. The van der Waals surface area contributed by atoms with Crippen molar-refractivity contribution in [3.8, 4) is 5.75 Å². The van der Waals surface area contributed by atoms with Gasteiger partial charge in [-0.1, -0.05) is 42.7 Å². The predicted molar refractivity (Wildman–Crippen MR) is 49.4 cm³/mol. The van der Waals surface area contributed by atoms with Gasteiger partial charge in [-0.2, -0.15) is 0 Å². The van der Waals surface area contributed by atoms with Crippen LogP contribution in [0.1, 0.15) is 30.5 Å². The van der Waals surface area contributed by atoms with Crippen molar-refractivity contribution < 1.29 is 24.0 Å². The quantitative estimate of drug-likeness (QED) is 0.533. The second-order valence-corrected chi connectivity index (χ2v) is 3.12. The zero-order valence-electron chi connectivity index (χ0n) is 8.98. The van der Waals surface area contributed by atoms with Crippen LogP contribution in [-0.4, -0.2) is 0 Å². The van der Waals surface area contributed by atoms with E-state index in [2.05, 4.69) is 0 Å². The maximum Gasteiger partial charge on any atom is 1.00 e. The van der Waals surface area contributed by atoms with E-state index in [9.17, 15) is 5.11 Å². The van der Waals surface area contributed by atoms with Crippen LogP contribution in [0.2, 0.25) is 0 Å². The summed E-state index contributed by atoms with van der Waals surface area (Å²) in [6.07, 6.45) is 1.68. The molecule has 1 aromatic rings. The van der Waals surface area contributed by atoms with Crippen LogP contribution in [-0.2, 0) is 12.8 Å². The molecule has 0 aliphatic carbocycles. The minimum absolute atomic E-state index is 0. The average molecular weight is 170 g/mol. The van der Waals surface area contributed by atoms with Gasteiger partial charge in [0.1, 0.15) is 0 Å². The van der Waals surface area contributed by atoms with Crippen LogP contribution in [0.5, 0.6) is 5.75 Å². The van der Waals surface area contributed by atoms with Crippen LogP contribution in [0.15, 0.2) is 12.1 Å². The van der Waals surface area contributed by atoms with Crippen molar-refractivity contribution in [2.24, 2.45) is 0 Å². The molecule has 0 saturated carbocycles. The van der Waals surface area contributed by atoms with E-state index in [1.165, 1.54) is 5.56 Å². The van der Waals surface area contributed by atoms with E-state index in [0.29, 0.717) is 0 Å². The summed E-state index contributed by atoms with van der Waals surface area (Å²) in [7, 11) is 0. The van der Waals surface area contributed by atoms with Gasteiger partial charge in [0.15, 0.2) is 0 Å². The van der Waals surface area contributed by atoms with Crippen LogP contribution < -0.4 is 24.0 Å².